The van der Waals surface area contributed by atoms with Crippen LogP contribution < -0.4 is 10.1 Å². The topological polar surface area (TPSA) is 99.5 Å². The monoisotopic (exact) mass is 337 g/mol. The maximum absolute atomic E-state index is 11.9. The first-order valence-corrected chi connectivity index (χ1v) is 9.20. The maximum atomic E-state index is 11.9. The molecule has 2 rings (SSSR count). The fourth-order valence-electron chi connectivity index (χ4n) is 2.33. The summed E-state index contributed by atoms with van der Waals surface area (Å²) in [7, 11) is -3.11. The Hall–Kier alpha value is -2.27. The molecule has 1 saturated heterocycles. The summed E-state index contributed by atoms with van der Waals surface area (Å²) < 4.78 is 28.4. The SMILES string of the molecule is CS(=O)(=O)[C@@H]1CCN(C(=O)NCCOc2ccc(C#N)cc2)C1. The number of carbonyl (C=O) groups excluding carboxylic acids is 1. The van der Waals surface area contributed by atoms with E-state index in [1.165, 1.54) is 11.2 Å². The van der Waals surface area contributed by atoms with Crippen molar-refractivity contribution in [1.29, 1.82) is 5.26 Å². The van der Waals surface area contributed by atoms with Crippen LogP contribution in [0.25, 0.3) is 0 Å². The Morgan fingerprint density at radius 1 is 1.43 bits per heavy atom. The Morgan fingerprint density at radius 3 is 2.70 bits per heavy atom. The molecule has 1 fully saturated rings. The summed E-state index contributed by atoms with van der Waals surface area (Å²) in [6, 6.07) is 8.44. The number of rotatable bonds is 5. The number of likely N-dealkylation sites (tertiary alicyclic amines) is 1. The van der Waals surface area contributed by atoms with Gasteiger partial charge in [0.15, 0.2) is 9.84 Å². The van der Waals surface area contributed by atoms with Crippen LogP contribution in [0.4, 0.5) is 4.79 Å². The van der Waals surface area contributed by atoms with E-state index >= 15 is 0 Å². The van der Waals surface area contributed by atoms with E-state index in [1.807, 2.05) is 6.07 Å². The molecule has 1 heterocycles. The molecule has 23 heavy (non-hydrogen) atoms. The van der Waals surface area contributed by atoms with Crippen LogP contribution in [0.1, 0.15) is 12.0 Å². The van der Waals surface area contributed by atoms with E-state index in [-0.39, 0.29) is 12.6 Å². The number of nitrogens with one attached hydrogen (secondary N) is 1. The van der Waals surface area contributed by atoms with E-state index < -0.39 is 15.1 Å². The van der Waals surface area contributed by atoms with Crippen molar-refractivity contribution in [2.75, 3.05) is 32.5 Å². The van der Waals surface area contributed by atoms with E-state index in [0.29, 0.717) is 37.4 Å². The van der Waals surface area contributed by atoms with Crippen LogP contribution in [0.15, 0.2) is 24.3 Å². The molecular weight excluding hydrogens is 318 g/mol. The van der Waals surface area contributed by atoms with Crippen molar-refractivity contribution < 1.29 is 17.9 Å². The van der Waals surface area contributed by atoms with E-state index in [2.05, 4.69) is 5.32 Å². The molecule has 0 aliphatic carbocycles. The molecule has 0 saturated carbocycles. The predicted octanol–water partition coefficient (Wildman–Crippen LogP) is 0.766. The minimum absolute atomic E-state index is 0.237. The molecule has 8 heteroatoms. The quantitative estimate of drug-likeness (QED) is 0.800. The molecule has 0 radical (unpaired) electrons. The van der Waals surface area contributed by atoms with Crippen molar-refractivity contribution in [3.05, 3.63) is 29.8 Å². The average molecular weight is 337 g/mol. The van der Waals surface area contributed by atoms with Gasteiger partial charge in [-0.1, -0.05) is 0 Å². The van der Waals surface area contributed by atoms with Crippen molar-refractivity contribution in [3.8, 4) is 11.8 Å². The van der Waals surface area contributed by atoms with Gasteiger partial charge in [-0.2, -0.15) is 5.26 Å². The molecule has 1 N–H and O–H groups in total. The second-order valence-electron chi connectivity index (χ2n) is 5.40. The zero-order valence-corrected chi connectivity index (χ0v) is 13.7. The van der Waals surface area contributed by atoms with Crippen molar-refractivity contribution in [1.82, 2.24) is 10.2 Å². The highest BCUT2D eigenvalue weighted by Gasteiger charge is 2.32. The van der Waals surface area contributed by atoms with Crippen molar-refractivity contribution in [2.24, 2.45) is 0 Å². The molecule has 7 nitrogen and oxygen atoms in total. The number of amides is 2. The summed E-state index contributed by atoms with van der Waals surface area (Å²) in [4.78, 5) is 13.4. The number of nitriles is 1. The Balaban J connectivity index is 1.70. The standard InChI is InChI=1S/C15H19N3O4S/c1-23(20,21)14-6-8-18(11-14)15(19)17-7-9-22-13-4-2-12(10-16)3-5-13/h2-5,14H,6-9,11H2,1H3,(H,17,19)/t14-/m1/s1. The smallest absolute Gasteiger partial charge is 0.317 e. The molecule has 0 unspecified atom stereocenters. The van der Waals surface area contributed by atoms with Gasteiger partial charge < -0.3 is 15.0 Å². The largest absolute Gasteiger partial charge is 0.492 e. The highest BCUT2D eigenvalue weighted by atomic mass is 32.2. The number of ether oxygens (including phenoxy) is 1. The van der Waals surface area contributed by atoms with Gasteiger partial charge in [-0.25, -0.2) is 13.2 Å². The zero-order chi connectivity index (χ0) is 16.9. The molecule has 0 aromatic heterocycles. The highest BCUT2D eigenvalue weighted by molar-refractivity contribution is 7.91. The van der Waals surface area contributed by atoms with Gasteiger partial charge in [0.2, 0.25) is 0 Å². The second kappa shape index (κ2) is 7.33. The van der Waals surface area contributed by atoms with Crippen LogP contribution in [-0.2, 0) is 9.84 Å². The molecule has 1 aromatic carbocycles. The van der Waals surface area contributed by atoms with Gasteiger partial charge in [0.25, 0.3) is 0 Å². The van der Waals surface area contributed by atoms with Gasteiger partial charge >= 0.3 is 6.03 Å². The Kier molecular flexibility index (Phi) is 5.45. The minimum atomic E-state index is -3.11. The van der Waals surface area contributed by atoms with Crippen LogP contribution >= 0.6 is 0 Å². The summed E-state index contributed by atoms with van der Waals surface area (Å²) in [6.07, 6.45) is 1.68. The van der Waals surface area contributed by atoms with Gasteiger partial charge in [0.1, 0.15) is 12.4 Å². The summed E-state index contributed by atoms with van der Waals surface area (Å²) in [6.45, 7) is 1.29. The van der Waals surface area contributed by atoms with E-state index in [0.717, 1.165) is 0 Å². The molecule has 1 aliphatic rings. The third-order valence-electron chi connectivity index (χ3n) is 3.67. The van der Waals surface area contributed by atoms with Crippen molar-refractivity contribution in [3.63, 3.8) is 0 Å². The molecule has 124 valence electrons. The molecular formula is C15H19N3O4S. The Labute approximate surface area is 135 Å². The second-order valence-corrected chi connectivity index (χ2v) is 7.73. The van der Waals surface area contributed by atoms with Crippen LogP contribution in [-0.4, -0.2) is 57.1 Å². The summed E-state index contributed by atoms with van der Waals surface area (Å²) in [5.41, 5.74) is 0.556. The Bertz CT molecular complexity index is 694. The number of sulfone groups is 1. The van der Waals surface area contributed by atoms with Crippen LogP contribution in [0.3, 0.4) is 0 Å². The summed E-state index contributed by atoms with van der Waals surface area (Å²) in [5, 5.41) is 10.9. The Morgan fingerprint density at radius 2 is 2.13 bits per heavy atom. The molecule has 1 aliphatic heterocycles. The van der Waals surface area contributed by atoms with Crippen LogP contribution in [0.5, 0.6) is 5.75 Å². The minimum Gasteiger partial charge on any atom is -0.492 e. The van der Waals surface area contributed by atoms with Gasteiger partial charge in [0, 0.05) is 19.3 Å². The lowest BCUT2D eigenvalue weighted by atomic mass is 10.2. The molecule has 0 bridgehead atoms. The summed E-state index contributed by atoms with van der Waals surface area (Å²) >= 11 is 0. The fraction of sp³-hybridized carbons (Fsp3) is 0.467. The normalized spacial score (nSPS) is 17.6. The number of urea groups is 1. The first-order chi connectivity index (χ1) is 10.9. The number of nitrogens with zero attached hydrogens (tertiary/aromatic N) is 2. The fourth-order valence-corrected chi connectivity index (χ4v) is 3.31. The highest BCUT2D eigenvalue weighted by Crippen LogP contribution is 2.16. The molecule has 0 spiro atoms. The third-order valence-corrected chi connectivity index (χ3v) is 5.26. The van der Waals surface area contributed by atoms with Crippen LogP contribution in [0, 0.1) is 11.3 Å². The lowest BCUT2D eigenvalue weighted by molar-refractivity contribution is 0.205. The lowest BCUT2D eigenvalue weighted by Crippen LogP contribution is -2.41. The predicted molar refractivity (Wildman–Crippen MR) is 84.9 cm³/mol. The van der Waals surface area contributed by atoms with E-state index in [9.17, 15) is 13.2 Å². The zero-order valence-electron chi connectivity index (χ0n) is 12.9. The number of hydrogen-bond acceptors (Lipinski definition) is 5. The van der Waals surface area contributed by atoms with Gasteiger partial charge in [0.05, 0.1) is 23.4 Å². The van der Waals surface area contributed by atoms with Crippen molar-refractivity contribution >= 4 is 15.9 Å². The van der Waals surface area contributed by atoms with Gasteiger partial charge in [-0.05, 0) is 30.7 Å². The van der Waals surface area contributed by atoms with E-state index in [4.69, 9.17) is 10.00 Å². The molecule has 2 amide bonds. The van der Waals surface area contributed by atoms with Crippen LogP contribution in [0.2, 0.25) is 0 Å². The maximum Gasteiger partial charge on any atom is 0.317 e. The third kappa shape index (κ3) is 4.86. The average Bonchev–Trinajstić information content (AvgIpc) is 3.02. The van der Waals surface area contributed by atoms with Gasteiger partial charge in [-0.3, -0.25) is 0 Å². The van der Waals surface area contributed by atoms with Gasteiger partial charge in [-0.15, -0.1) is 0 Å². The first kappa shape index (κ1) is 17.1. The molecule has 1 aromatic rings. The molecule has 1 atom stereocenters. The number of hydrogen-bond donors (Lipinski definition) is 1. The van der Waals surface area contributed by atoms with Crippen molar-refractivity contribution in [2.45, 2.75) is 11.7 Å². The lowest BCUT2D eigenvalue weighted by Gasteiger charge is -2.17. The number of carbonyl (C=O) groups is 1. The summed E-state index contributed by atoms with van der Waals surface area (Å²) in [5.74, 6) is 0.622. The number of benzene rings is 1. The van der Waals surface area contributed by atoms with E-state index in [1.54, 1.807) is 24.3 Å². The first-order valence-electron chi connectivity index (χ1n) is 7.25.